The highest BCUT2D eigenvalue weighted by Crippen LogP contribution is 2.15. The Hall–Kier alpha value is -1.67. The minimum Gasteiger partial charge on any atom is -0.372 e. The summed E-state index contributed by atoms with van der Waals surface area (Å²) in [6.07, 6.45) is 0. The Labute approximate surface area is 90.1 Å². The lowest BCUT2D eigenvalue weighted by atomic mass is 10.2. The van der Waals surface area contributed by atoms with Gasteiger partial charge in [-0.1, -0.05) is 17.2 Å². The van der Waals surface area contributed by atoms with Crippen LogP contribution in [0.25, 0.3) is 10.4 Å². The van der Waals surface area contributed by atoms with E-state index in [0.717, 1.165) is 13.1 Å². The van der Waals surface area contributed by atoms with Gasteiger partial charge in [0.2, 0.25) is 0 Å². The molecule has 0 aliphatic heterocycles. The first-order valence-electron chi connectivity index (χ1n) is 5.10. The van der Waals surface area contributed by atoms with E-state index in [2.05, 4.69) is 47.0 Å². The Balaban J connectivity index is 2.69. The zero-order valence-corrected chi connectivity index (χ0v) is 9.22. The summed E-state index contributed by atoms with van der Waals surface area (Å²) in [5.74, 6) is 0. The van der Waals surface area contributed by atoms with Crippen LogP contribution in [-0.2, 0) is 0 Å². The highest BCUT2D eigenvalue weighted by Gasteiger charge is 2.02. The smallest absolute Gasteiger partial charge is 0.0434 e. The fourth-order valence-electron chi connectivity index (χ4n) is 1.50. The van der Waals surface area contributed by atoms with Gasteiger partial charge in [0.05, 0.1) is 0 Å². The molecule has 0 heterocycles. The number of benzene rings is 1. The van der Waals surface area contributed by atoms with Gasteiger partial charge in [-0.2, -0.15) is 0 Å². The standard InChI is InChI=1S/C11H16N4/c1-3-15(8-7-13-14-12)11-6-4-5-10(2)9-11/h4-6,9H,3,7-8H2,1-2H3. The van der Waals surface area contributed by atoms with Gasteiger partial charge >= 0.3 is 0 Å². The molecule has 0 N–H and O–H groups in total. The Morgan fingerprint density at radius 2 is 2.27 bits per heavy atom. The second-order valence-electron chi connectivity index (χ2n) is 3.37. The minimum absolute atomic E-state index is 0.512. The summed E-state index contributed by atoms with van der Waals surface area (Å²) in [7, 11) is 0. The maximum Gasteiger partial charge on any atom is 0.0434 e. The molecule has 0 amide bonds. The Morgan fingerprint density at radius 3 is 2.87 bits per heavy atom. The SMILES string of the molecule is CCN(CCN=[N+]=[N-])c1cccc(C)c1. The van der Waals surface area contributed by atoms with Gasteiger partial charge < -0.3 is 4.90 Å². The lowest BCUT2D eigenvalue weighted by Crippen LogP contribution is -2.25. The van der Waals surface area contributed by atoms with Crippen LogP contribution in [0.1, 0.15) is 12.5 Å². The van der Waals surface area contributed by atoms with Gasteiger partial charge in [-0.3, -0.25) is 0 Å². The Morgan fingerprint density at radius 1 is 1.47 bits per heavy atom. The third-order valence-electron chi connectivity index (χ3n) is 2.28. The minimum atomic E-state index is 0.512. The van der Waals surface area contributed by atoms with Gasteiger partial charge in [0.15, 0.2) is 0 Å². The lowest BCUT2D eigenvalue weighted by molar-refractivity contribution is 0.813. The normalized spacial score (nSPS) is 9.47. The molecule has 0 fully saturated rings. The van der Waals surface area contributed by atoms with E-state index in [1.165, 1.54) is 11.3 Å². The fourth-order valence-corrected chi connectivity index (χ4v) is 1.50. The topological polar surface area (TPSA) is 52.0 Å². The van der Waals surface area contributed by atoms with Crippen LogP contribution in [0.2, 0.25) is 0 Å². The van der Waals surface area contributed by atoms with Crippen LogP contribution in [0.5, 0.6) is 0 Å². The molecule has 1 aromatic carbocycles. The van der Waals surface area contributed by atoms with Gasteiger partial charge in [0.25, 0.3) is 0 Å². The van der Waals surface area contributed by atoms with Crippen LogP contribution in [-0.4, -0.2) is 19.6 Å². The average molecular weight is 204 g/mol. The van der Waals surface area contributed by atoms with Crippen molar-refractivity contribution in [3.05, 3.63) is 40.3 Å². The van der Waals surface area contributed by atoms with Crippen molar-refractivity contribution >= 4 is 5.69 Å². The van der Waals surface area contributed by atoms with Crippen molar-refractivity contribution in [1.82, 2.24) is 0 Å². The number of rotatable bonds is 5. The predicted molar refractivity (Wildman–Crippen MR) is 63.1 cm³/mol. The number of nitrogens with zero attached hydrogens (tertiary/aromatic N) is 4. The van der Waals surface area contributed by atoms with Crippen molar-refractivity contribution in [3.63, 3.8) is 0 Å². The molecule has 0 aliphatic carbocycles. The predicted octanol–water partition coefficient (Wildman–Crippen LogP) is 3.13. The zero-order chi connectivity index (χ0) is 11.1. The van der Waals surface area contributed by atoms with Crippen LogP contribution >= 0.6 is 0 Å². The molecular weight excluding hydrogens is 188 g/mol. The van der Waals surface area contributed by atoms with Crippen molar-refractivity contribution in [3.8, 4) is 0 Å². The summed E-state index contributed by atoms with van der Waals surface area (Å²) in [4.78, 5) is 4.95. The zero-order valence-electron chi connectivity index (χ0n) is 9.22. The van der Waals surface area contributed by atoms with Crippen molar-refractivity contribution in [2.24, 2.45) is 5.11 Å². The van der Waals surface area contributed by atoms with E-state index >= 15 is 0 Å². The monoisotopic (exact) mass is 204 g/mol. The van der Waals surface area contributed by atoms with Crippen molar-refractivity contribution in [2.75, 3.05) is 24.5 Å². The van der Waals surface area contributed by atoms with E-state index in [1.54, 1.807) is 0 Å². The number of hydrogen-bond donors (Lipinski definition) is 0. The third kappa shape index (κ3) is 3.52. The average Bonchev–Trinajstić information content (AvgIpc) is 2.24. The number of anilines is 1. The fraction of sp³-hybridized carbons (Fsp3) is 0.455. The van der Waals surface area contributed by atoms with Crippen LogP contribution in [0, 0.1) is 6.92 Å². The van der Waals surface area contributed by atoms with E-state index in [1.807, 2.05) is 6.07 Å². The lowest BCUT2D eigenvalue weighted by Gasteiger charge is -2.22. The van der Waals surface area contributed by atoms with Crippen LogP contribution < -0.4 is 4.90 Å². The van der Waals surface area contributed by atoms with Crippen LogP contribution in [0.4, 0.5) is 5.69 Å². The quantitative estimate of drug-likeness (QED) is 0.413. The summed E-state index contributed by atoms with van der Waals surface area (Å²) >= 11 is 0. The van der Waals surface area contributed by atoms with E-state index < -0.39 is 0 Å². The molecule has 0 unspecified atom stereocenters. The molecule has 0 saturated carbocycles. The molecule has 4 heteroatoms. The van der Waals surface area contributed by atoms with Gasteiger partial charge in [-0.15, -0.1) is 0 Å². The first kappa shape index (κ1) is 11.4. The molecule has 0 atom stereocenters. The summed E-state index contributed by atoms with van der Waals surface area (Å²) in [6.45, 7) is 6.37. The molecule has 80 valence electrons. The summed E-state index contributed by atoms with van der Waals surface area (Å²) < 4.78 is 0. The van der Waals surface area contributed by atoms with E-state index in [-0.39, 0.29) is 0 Å². The molecule has 1 aromatic rings. The van der Waals surface area contributed by atoms with E-state index in [9.17, 15) is 0 Å². The highest BCUT2D eigenvalue weighted by molar-refractivity contribution is 5.48. The molecule has 0 saturated heterocycles. The number of likely N-dealkylation sites (N-methyl/N-ethyl adjacent to an activating group) is 1. The molecule has 0 aliphatic rings. The molecule has 0 bridgehead atoms. The van der Waals surface area contributed by atoms with E-state index in [0.29, 0.717) is 6.54 Å². The third-order valence-corrected chi connectivity index (χ3v) is 2.28. The largest absolute Gasteiger partial charge is 0.372 e. The number of aryl methyl sites for hydroxylation is 1. The summed E-state index contributed by atoms with van der Waals surface area (Å²) in [6, 6.07) is 8.33. The first-order chi connectivity index (χ1) is 7.27. The highest BCUT2D eigenvalue weighted by atomic mass is 15.2. The second kappa shape index (κ2) is 5.94. The second-order valence-corrected chi connectivity index (χ2v) is 3.37. The first-order valence-corrected chi connectivity index (χ1v) is 5.10. The van der Waals surface area contributed by atoms with Gasteiger partial charge in [0.1, 0.15) is 0 Å². The van der Waals surface area contributed by atoms with E-state index in [4.69, 9.17) is 5.53 Å². The molecule has 1 rings (SSSR count). The maximum atomic E-state index is 8.21. The molecule has 4 nitrogen and oxygen atoms in total. The van der Waals surface area contributed by atoms with Crippen molar-refractivity contribution in [2.45, 2.75) is 13.8 Å². The molecule has 0 radical (unpaired) electrons. The Bertz CT molecular complexity index is 355. The van der Waals surface area contributed by atoms with Crippen molar-refractivity contribution in [1.29, 1.82) is 0 Å². The van der Waals surface area contributed by atoms with Crippen molar-refractivity contribution < 1.29 is 0 Å². The van der Waals surface area contributed by atoms with Crippen LogP contribution in [0.15, 0.2) is 29.4 Å². The van der Waals surface area contributed by atoms with Crippen LogP contribution in [0.3, 0.4) is 0 Å². The van der Waals surface area contributed by atoms with Gasteiger partial charge in [-0.05, 0) is 37.1 Å². The number of hydrogen-bond acceptors (Lipinski definition) is 2. The molecule has 0 aromatic heterocycles. The molecule has 0 spiro atoms. The molecule has 15 heavy (non-hydrogen) atoms. The Kier molecular flexibility index (Phi) is 4.51. The summed E-state index contributed by atoms with van der Waals surface area (Å²) in [5.41, 5.74) is 10.6. The van der Waals surface area contributed by atoms with Gasteiger partial charge in [-0.25, -0.2) is 0 Å². The number of azide groups is 1. The van der Waals surface area contributed by atoms with Gasteiger partial charge in [0, 0.05) is 30.2 Å². The maximum absolute atomic E-state index is 8.21. The summed E-state index contributed by atoms with van der Waals surface area (Å²) in [5, 5.41) is 3.55. The molecular formula is C11H16N4.